The highest BCUT2D eigenvalue weighted by atomic mass is 16.5. The Morgan fingerprint density at radius 1 is 1.25 bits per heavy atom. The van der Waals surface area contributed by atoms with Crippen molar-refractivity contribution >= 4 is 17.9 Å². The Morgan fingerprint density at radius 2 is 2.04 bits per heavy atom. The standard InChI is InChI=1S/C18H23N3O3/c1-13(22)21-7-6-20(10-16(11-21)18(19)23)9-14-8-15-4-2-3-5-17(15)24-12-14/h2-5,8,16H,6-7,9-12H2,1H3,(H2,19,23)/t16-/m1/s1. The first-order valence-electron chi connectivity index (χ1n) is 8.21. The van der Waals surface area contributed by atoms with Crippen molar-refractivity contribution in [1.29, 1.82) is 0 Å². The van der Waals surface area contributed by atoms with E-state index in [0.717, 1.165) is 23.4 Å². The first kappa shape index (κ1) is 16.5. The maximum atomic E-state index is 11.7. The van der Waals surface area contributed by atoms with Crippen molar-refractivity contribution in [2.45, 2.75) is 6.92 Å². The van der Waals surface area contributed by atoms with Crippen molar-refractivity contribution < 1.29 is 14.3 Å². The molecule has 0 aromatic heterocycles. The Hall–Kier alpha value is -2.34. The van der Waals surface area contributed by atoms with E-state index in [4.69, 9.17) is 10.5 Å². The number of amides is 2. The zero-order chi connectivity index (χ0) is 17.1. The molecule has 2 heterocycles. The summed E-state index contributed by atoms with van der Waals surface area (Å²) in [4.78, 5) is 27.3. The quantitative estimate of drug-likeness (QED) is 0.887. The Balaban J connectivity index is 1.71. The summed E-state index contributed by atoms with van der Waals surface area (Å²) < 4.78 is 5.79. The summed E-state index contributed by atoms with van der Waals surface area (Å²) in [5.74, 6) is 0.188. The van der Waals surface area contributed by atoms with Gasteiger partial charge in [0, 0.05) is 45.2 Å². The molecule has 0 spiro atoms. The lowest BCUT2D eigenvalue weighted by atomic mass is 10.1. The minimum atomic E-state index is -0.354. The van der Waals surface area contributed by atoms with E-state index < -0.39 is 0 Å². The van der Waals surface area contributed by atoms with Crippen LogP contribution in [0.15, 0.2) is 29.8 Å². The normalized spacial score (nSPS) is 21.3. The van der Waals surface area contributed by atoms with E-state index in [-0.39, 0.29) is 17.7 Å². The fourth-order valence-corrected chi connectivity index (χ4v) is 3.23. The van der Waals surface area contributed by atoms with Gasteiger partial charge in [0.15, 0.2) is 0 Å². The second kappa shape index (κ2) is 7.05. The van der Waals surface area contributed by atoms with Gasteiger partial charge in [0.1, 0.15) is 12.4 Å². The zero-order valence-electron chi connectivity index (χ0n) is 13.9. The average Bonchev–Trinajstić information content (AvgIpc) is 2.78. The van der Waals surface area contributed by atoms with Crippen molar-refractivity contribution in [2.24, 2.45) is 11.7 Å². The van der Waals surface area contributed by atoms with Crippen LogP contribution in [0.4, 0.5) is 0 Å². The van der Waals surface area contributed by atoms with Gasteiger partial charge in [0.25, 0.3) is 0 Å². The molecular weight excluding hydrogens is 306 g/mol. The molecule has 2 N–H and O–H groups in total. The molecule has 0 saturated carbocycles. The number of nitrogens with zero attached hydrogens (tertiary/aromatic N) is 2. The van der Waals surface area contributed by atoms with E-state index in [1.165, 1.54) is 6.92 Å². The third-order valence-corrected chi connectivity index (χ3v) is 4.57. The molecule has 128 valence electrons. The summed E-state index contributed by atoms with van der Waals surface area (Å²) in [5.41, 5.74) is 7.75. The Kier molecular flexibility index (Phi) is 4.85. The molecule has 0 radical (unpaired) electrons. The van der Waals surface area contributed by atoms with Crippen molar-refractivity contribution in [2.75, 3.05) is 39.3 Å². The van der Waals surface area contributed by atoms with Crippen LogP contribution in [0.5, 0.6) is 5.75 Å². The van der Waals surface area contributed by atoms with Crippen LogP contribution in [0.2, 0.25) is 0 Å². The molecule has 24 heavy (non-hydrogen) atoms. The highest BCUT2D eigenvalue weighted by molar-refractivity contribution is 5.79. The van der Waals surface area contributed by atoms with Crippen LogP contribution in [0.3, 0.4) is 0 Å². The Bertz CT molecular complexity index is 671. The minimum absolute atomic E-state index is 0.0164. The molecule has 1 fully saturated rings. The summed E-state index contributed by atoms with van der Waals surface area (Å²) in [6, 6.07) is 7.94. The van der Waals surface area contributed by atoms with Crippen LogP contribution in [-0.4, -0.2) is 60.9 Å². The van der Waals surface area contributed by atoms with E-state index in [0.29, 0.717) is 32.8 Å². The van der Waals surface area contributed by atoms with Gasteiger partial charge in [-0.05, 0) is 17.7 Å². The smallest absolute Gasteiger partial charge is 0.223 e. The second-order valence-electron chi connectivity index (χ2n) is 6.43. The molecule has 1 atom stereocenters. The summed E-state index contributed by atoms with van der Waals surface area (Å²) in [5, 5.41) is 0. The molecular formula is C18H23N3O3. The number of para-hydroxylation sites is 1. The highest BCUT2D eigenvalue weighted by Gasteiger charge is 2.28. The van der Waals surface area contributed by atoms with Gasteiger partial charge in [-0.25, -0.2) is 0 Å². The van der Waals surface area contributed by atoms with Crippen molar-refractivity contribution in [3.8, 4) is 5.75 Å². The first-order valence-corrected chi connectivity index (χ1v) is 8.21. The lowest BCUT2D eigenvalue weighted by Crippen LogP contribution is -2.40. The number of benzene rings is 1. The molecule has 1 saturated heterocycles. The molecule has 0 bridgehead atoms. The molecule has 2 aliphatic rings. The molecule has 3 rings (SSSR count). The summed E-state index contributed by atoms with van der Waals surface area (Å²) in [7, 11) is 0. The monoisotopic (exact) mass is 329 g/mol. The van der Waals surface area contributed by atoms with Crippen LogP contribution < -0.4 is 10.5 Å². The van der Waals surface area contributed by atoms with Gasteiger partial charge < -0.3 is 15.4 Å². The molecule has 6 nitrogen and oxygen atoms in total. The maximum Gasteiger partial charge on any atom is 0.223 e. The van der Waals surface area contributed by atoms with Crippen LogP contribution in [0.25, 0.3) is 6.08 Å². The van der Waals surface area contributed by atoms with Gasteiger partial charge in [-0.2, -0.15) is 0 Å². The number of hydrogen-bond donors (Lipinski definition) is 1. The molecule has 0 unspecified atom stereocenters. The van der Waals surface area contributed by atoms with Crippen molar-refractivity contribution in [3.63, 3.8) is 0 Å². The number of nitrogens with two attached hydrogens (primary N) is 1. The lowest BCUT2D eigenvalue weighted by Gasteiger charge is -2.25. The fourth-order valence-electron chi connectivity index (χ4n) is 3.23. The van der Waals surface area contributed by atoms with Gasteiger partial charge in [0.2, 0.25) is 11.8 Å². The van der Waals surface area contributed by atoms with Crippen LogP contribution in [-0.2, 0) is 9.59 Å². The predicted octanol–water partition coefficient (Wildman–Crippen LogP) is 0.728. The van der Waals surface area contributed by atoms with Crippen molar-refractivity contribution in [3.05, 3.63) is 35.4 Å². The van der Waals surface area contributed by atoms with E-state index in [9.17, 15) is 9.59 Å². The van der Waals surface area contributed by atoms with Crippen LogP contribution >= 0.6 is 0 Å². The van der Waals surface area contributed by atoms with Crippen molar-refractivity contribution in [1.82, 2.24) is 9.80 Å². The zero-order valence-corrected chi connectivity index (χ0v) is 13.9. The summed E-state index contributed by atoms with van der Waals surface area (Å²) in [6.45, 7) is 5.10. The third kappa shape index (κ3) is 3.76. The number of rotatable bonds is 3. The van der Waals surface area contributed by atoms with Gasteiger partial charge in [-0.15, -0.1) is 0 Å². The number of ether oxygens (including phenoxy) is 1. The Labute approximate surface area is 141 Å². The van der Waals surface area contributed by atoms with E-state index >= 15 is 0 Å². The average molecular weight is 329 g/mol. The third-order valence-electron chi connectivity index (χ3n) is 4.57. The Morgan fingerprint density at radius 3 is 2.79 bits per heavy atom. The SMILES string of the molecule is CC(=O)N1CCN(CC2=Cc3ccccc3OC2)C[C@@H](C(N)=O)C1. The van der Waals surface area contributed by atoms with E-state index in [1.54, 1.807) is 4.90 Å². The summed E-state index contributed by atoms with van der Waals surface area (Å²) in [6.07, 6.45) is 2.14. The number of primary amides is 1. The van der Waals surface area contributed by atoms with Crippen LogP contribution in [0, 0.1) is 5.92 Å². The minimum Gasteiger partial charge on any atom is -0.489 e. The molecule has 0 aliphatic carbocycles. The number of carbonyl (C=O) groups excluding carboxylic acids is 2. The number of hydrogen-bond acceptors (Lipinski definition) is 4. The van der Waals surface area contributed by atoms with E-state index in [1.807, 2.05) is 24.3 Å². The van der Waals surface area contributed by atoms with Gasteiger partial charge >= 0.3 is 0 Å². The predicted molar refractivity (Wildman–Crippen MR) is 91.3 cm³/mol. The number of carbonyl (C=O) groups is 2. The highest BCUT2D eigenvalue weighted by Crippen LogP contribution is 2.26. The number of fused-ring (bicyclic) bond motifs is 1. The maximum absolute atomic E-state index is 11.7. The topological polar surface area (TPSA) is 75.9 Å². The first-order chi connectivity index (χ1) is 11.5. The second-order valence-corrected chi connectivity index (χ2v) is 6.43. The van der Waals surface area contributed by atoms with Gasteiger partial charge in [-0.1, -0.05) is 18.2 Å². The fraction of sp³-hybridized carbons (Fsp3) is 0.444. The molecule has 2 aliphatic heterocycles. The van der Waals surface area contributed by atoms with E-state index in [2.05, 4.69) is 11.0 Å². The van der Waals surface area contributed by atoms with Crippen LogP contribution in [0.1, 0.15) is 12.5 Å². The van der Waals surface area contributed by atoms with Gasteiger partial charge in [0.05, 0.1) is 5.92 Å². The summed E-state index contributed by atoms with van der Waals surface area (Å²) >= 11 is 0. The molecule has 1 aromatic rings. The molecule has 1 aromatic carbocycles. The lowest BCUT2D eigenvalue weighted by molar-refractivity contribution is -0.130. The molecule has 2 amide bonds. The largest absolute Gasteiger partial charge is 0.489 e. The van der Waals surface area contributed by atoms with Gasteiger partial charge in [-0.3, -0.25) is 14.5 Å². The molecule has 6 heteroatoms.